The van der Waals surface area contributed by atoms with Gasteiger partial charge in [-0.3, -0.25) is 4.79 Å². The SMILES string of the molecule is CC1=NN(c2ccc(C)cc2)C(=O)[C@@]12Cc1cc(Br)ccc1N1CCN(C)C[C@H]12. The van der Waals surface area contributed by atoms with Crippen molar-refractivity contribution >= 4 is 38.9 Å². The number of anilines is 2. The number of rotatable bonds is 1. The third-order valence-electron chi connectivity index (χ3n) is 6.72. The lowest BCUT2D eigenvalue weighted by molar-refractivity contribution is -0.125. The number of amides is 1. The Labute approximate surface area is 180 Å². The smallest absolute Gasteiger partial charge is 0.261 e. The molecule has 0 unspecified atom stereocenters. The molecule has 1 amide bonds. The van der Waals surface area contributed by atoms with E-state index in [1.54, 1.807) is 5.01 Å². The molecule has 1 spiro atoms. The van der Waals surface area contributed by atoms with Crippen LogP contribution in [0, 0.1) is 12.3 Å². The lowest BCUT2D eigenvalue weighted by Crippen LogP contribution is -2.66. The summed E-state index contributed by atoms with van der Waals surface area (Å²) in [7, 11) is 2.14. The second-order valence-electron chi connectivity index (χ2n) is 8.53. The number of hydrogen-bond acceptors (Lipinski definition) is 4. The Morgan fingerprint density at radius 1 is 1.10 bits per heavy atom. The Kier molecular flexibility index (Phi) is 4.33. The third-order valence-corrected chi connectivity index (χ3v) is 7.21. The highest BCUT2D eigenvalue weighted by molar-refractivity contribution is 9.10. The average Bonchev–Trinajstić information content (AvgIpc) is 2.94. The van der Waals surface area contributed by atoms with Gasteiger partial charge in [0.05, 0.1) is 17.4 Å². The molecule has 0 bridgehead atoms. The second-order valence-corrected chi connectivity index (χ2v) is 9.45. The van der Waals surface area contributed by atoms with Crippen molar-refractivity contribution in [3.63, 3.8) is 0 Å². The maximum absolute atomic E-state index is 14.0. The molecule has 0 aromatic heterocycles. The summed E-state index contributed by atoms with van der Waals surface area (Å²) < 4.78 is 1.05. The number of benzene rings is 2. The summed E-state index contributed by atoms with van der Waals surface area (Å²) in [5.74, 6) is 0.0924. The van der Waals surface area contributed by atoms with Crippen molar-refractivity contribution in [2.24, 2.45) is 10.5 Å². The first-order valence-electron chi connectivity index (χ1n) is 10.1. The van der Waals surface area contributed by atoms with Gasteiger partial charge in [-0.25, -0.2) is 0 Å². The minimum Gasteiger partial charge on any atom is -0.364 e. The van der Waals surface area contributed by atoms with E-state index in [-0.39, 0.29) is 11.9 Å². The van der Waals surface area contributed by atoms with E-state index in [4.69, 9.17) is 5.10 Å². The molecular formula is C23H25BrN4O. The number of nitrogens with zero attached hydrogens (tertiary/aromatic N) is 4. The molecule has 150 valence electrons. The van der Waals surface area contributed by atoms with Crippen molar-refractivity contribution < 1.29 is 4.79 Å². The van der Waals surface area contributed by atoms with E-state index in [1.165, 1.54) is 16.8 Å². The summed E-state index contributed by atoms with van der Waals surface area (Å²) in [6, 6.07) is 14.6. The first-order chi connectivity index (χ1) is 13.9. The van der Waals surface area contributed by atoms with Crippen LogP contribution in [0.5, 0.6) is 0 Å². The van der Waals surface area contributed by atoms with Crippen LogP contribution in [0.15, 0.2) is 52.0 Å². The molecule has 5 nitrogen and oxygen atoms in total. The lowest BCUT2D eigenvalue weighted by Gasteiger charge is -2.52. The van der Waals surface area contributed by atoms with Crippen LogP contribution in [0.4, 0.5) is 11.4 Å². The van der Waals surface area contributed by atoms with Crippen LogP contribution in [0.25, 0.3) is 0 Å². The quantitative estimate of drug-likeness (QED) is 0.659. The Balaban J connectivity index is 1.63. The molecule has 1 saturated heterocycles. The number of fused-ring (bicyclic) bond motifs is 4. The van der Waals surface area contributed by atoms with E-state index < -0.39 is 5.41 Å². The van der Waals surface area contributed by atoms with E-state index in [0.29, 0.717) is 6.42 Å². The van der Waals surface area contributed by atoms with Gasteiger partial charge in [-0.05, 0) is 63.2 Å². The van der Waals surface area contributed by atoms with Gasteiger partial charge >= 0.3 is 0 Å². The van der Waals surface area contributed by atoms with Crippen LogP contribution in [0.2, 0.25) is 0 Å². The van der Waals surface area contributed by atoms with Gasteiger partial charge in [0.25, 0.3) is 5.91 Å². The monoisotopic (exact) mass is 452 g/mol. The van der Waals surface area contributed by atoms with Gasteiger partial charge < -0.3 is 9.80 Å². The molecule has 29 heavy (non-hydrogen) atoms. The highest BCUT2D eigenvalue weighted by Gasteiger charge is 2.59. The minimum atomic E-state index is -0.632. The number of hydrazone groups is 1. The molecule has 3 aliphatic rings. The molecule has 0 radical (unpaired) electrons. The predicted octanol–water partition coefficient (Wildman–Crippen LogP) is 3.84. The van der Waals surface area contributed by atoms with E-state index in [2.05, 4.69) is 57.9 Å². The molecule has 5 rings (SSSR count). The second kappa shape index (κ2) is 6.67. The fraction of sp³-hybridized carbons (Fsp3) is 0.391. The number of hydrogen-bond donors (Lipinski definition) is 0. The van der Waals surface area contributed by atoms with Gasteiger partial charge in [-0.2, -0.15) is 10.1 Å². The van der Waals surface area contributed by atoms with Crippen LogP contribution in [-0.2, 0) is 11.2 Å². The lowest BCUT2D eigenvalue weighted by atomic mass is 9.67. The molecule has 6 heteroatoms. The molecule has 1 fully saturated rings. The highest BCUT2D eigenvalue weighted by Crippen LogP contribution is 2.48. The highest BCUT2D eigenvalue weighted by atomic mass is 79.9. The molecular weight excluding hydrogens is 428 g/mol. The number of aryl methyl sites for hydroxylation is 1. The number of carbonyl (C=O) groups excluding carboxylic acids is 1. The van der Waals surface area contributed by atoms with E-state index in [9.17, 15) is 4.79 Å². The molecule has 0 aliphatic carbocycles. The van der Waals surface area contributed by atoms with Crippen LogP contribution in [-0.4, -0.2) is 49.2 Å². The van der Waals surface area contributed by atoms with Crippen molar-refractivity contribution in [1.82, 2.24) is 4.90 Å². The third kappa shape index (κ3) is 2.76. The Morgan fingerprint density at radius 2 is 1.86 bits per heavy atom. The van der Waals surface area contributed by atoms with Crippen LogP contribution in [0.3, 0.4) is 0 Å². The molecule has 0 saturated carbocycles. The van der Waals surface area contributed by atoms with Crippen LogP contribution in [0.1, 0.15) is 18.1 Å². The van der Waals surface area contributed by atoms with Crippen LogP contribution >= 0.6 is 15.9 Å². The summed E-state index contributed by atoms with van der Waals surface area (Å²) in [4.78, 5) is 18.8. The maximum atomic E-state index is 14.0. The molecule has 2 aromatic rings. The predicted molar refractivity (Wildman–Crippen MR) is 121 cm³/mol. The van der Waals surface area contributed by atoms with Gasteiger partial charge in [-0.1, -0.05) is 33.6 Å². The largest absolute Gasteiger partial charge is 0.364 e. The van der Waals surface area contributed by atoms with Crippen molar-refractivity contribution in [2.75, 3.05) is 36.6 Å². The number of halogens is 1. The number of carbonyl (C=O) groups is 1. The minimum absolute atomic E-state index is 0.0848. The molecule has 0 N–H and O–H groups in total. The van der Waals surface area contributed by atoms with Gasteiger partial charge in [0.15, 0.2) is 0 Å². The van der Waals surface area contributed by atoms with Crippen molar-refractivity contribution in [3.8, 4) is 0 Å². The van der Waals surface area contributed by atoms with Gasteiger partial charge in [0, 0.05) is 29.8 Å². The van der Waals surface area contributed by atoms with E-state index >= 15 is 0 Å². The maximum Gasteiger partial charge on any atom is 0.261 e. The summed E-state index contributed by atoms with van der Waals surface area (Å²) in [6.07, 6.45) is 0.688. The Hall–Kier alpha value is -2.18. The van der Waals surface area contributed by atoms with E-state index in [1.807, 2.05) is 31.2 Å². The van der Waals surface area contributed by atoms with Crippen LogP contribution < -0.4 is 9.91 Å². The standard InChI is InChI=1S/C23H25BrN4O/c1-15-4-7-19(8-5-15)28-22(29)23(16(2)25-28)13-17-12-18(24)6-9-20(17)27-11-10-26(3)14-21(23)27/h4-9,12,21H,10-11,13-14H2,1-3H3/t21-,23-/m0/s1. The average molecular weight is 453 g/mol. The van der Waals surface area contributed by atoms with E-state index in [0.717, 1.165) is 35.5 Å². The van der Waals surface area contributed by atoms with Gasteiger partial charge in [0.1, 0.15) is 5.41 Å². The summed E-state index contributed by atoms with van der Waals surface area (Å²) in [5, 5.41) is 6.43. The zero-order valence-electron chi connectivity index (χ0n) is 17.0. The zero-order valence-corrected chi connectivity index (χ0v) is 18.6. The van der Waals surface area contributed by atoms with Gasteiger partial charge in [0.2, 0.25) is 0 Å². The number of likely N-dealkylation sites (N-methyl/N-ethyl adjacent to an activating group) is 1. The fourth-order valence-electron chi connectivity index (χ4n) is 5.10. The molecule has 3 heterocycles. The summed E-state index contributed by atoms with van der Waals surface area (Å²) in [5.41, 5.74) is 4.77. The normalized spacial score (nSPS) is 26.6. The van der Waals surface area contributed by atoms with Crippen molar-refractivity contribution in [3.05, 3.63) is 58.1 Å². The summed E-state index contributed by atoms with van der Waals surface area (Å²) >= 11 is 3.62. The first-order valence-corrected chi connectivity index (χ1v) is 10.9. The zero-order chi connectivity index (χ0) is 20.3. The topological polar surface area (TPSA) is 39.2 Å². The molecule has 3 aliphatic heterocycles. The molecule has 2 aromatic carbocycles. The Bertz CT molecular complexity index is 1020. The summed E-state index contributed by atoms with van der Waals surface area (Å²) in [6.45, 7) is 6.85. The van der Waals surface area contributed by atoms with Gasteiger partial charge in [-0.15, -0.1) is 0 Å². The first kappa shape index (κ1) is 18.8. The molecule has 2 atom stereocenters. The van der Waals surface area contributed by atoms with Crippen molar-refractivity contribution in [2.45, 2.75) is 26.3 Å². The van der Waals surface area contributed by atoms with Crippen molar-refractivity contribution in [1.29, 1.82) is 0 Å². The number of piperazine rings is 1. The Morgan fingerprint density at radius 3 is 2.62 bits per heavy atom. The fourth-order valence-corrected chi connectivity index (χ4v) is 5.51.